The van der Waals surface area contributed by atoms with Gasteiger partial charge in [-0.25, -0.2) is 0 Å². The largest absolute Gasteiger partial charge is 0 e. The fourth-order valence-corrected chi connectivity index (χ4v) is 2.00. The summed E-state index contributed by atoms with van der Waals surface area (Å²) in [6, 6.07) is 6.08. The van der Waals surface area contributed by atoms with Crippen LogP contribution in [0.5, 0.6) is 0 Å². The summed E-state index contributed by atoms with van der Waals surface area (Å²) >= 11 is 0. The Morgan fingerprint density at radius 3 is 1.78 bits per heavy atom. The van der Waals surface area contributed by atoms with Gasteiger partial charge in [-0.1, -0.05) is 25.1 Å². The van der Waals surface area contributed by atoms with Crippen molar-refractivity contribution in [3.63, 3.8) is 0 Å². The van der Waals surface area contributed by atoms with Gasteiger partial charge in [0.25, 0.3) is 5.91 Å². The number of aryl methyl sites for hydroxylation is 2. The summed E-state index contributed by atoms with van der Waals surface area (Å²) in [7, 11) is 0. The molecule has 5 nitrogen and oxygen atoms in total. The fraction of sp³-hybridized carbons (Fsp3) is 0.412. The van der Waals surface area contributed by atoms with Crippen LogP contribution < -0.4 is 0 Å². The Bertz CT molecular complexity index is 477. The van der Waals surface area contributed by atoms with Crippen LogP contribution in [0.4, 0.5) is 0 Å². The summed E-state index contributed by atoms with van der Waals surface area (Å²) in [6.45, 7) is 23.2. The molecule has 0 fully saturated rings. The standard InChI is InChI=1S/C14H21NO.3CO.Cr/c1-5-12-10-8-9-11(4)13(12)14(16)15(6-2)7-3;3*1-2;/h8-10H,5-7H2,1-4H3;;;;. The van der Waals surface area contributed by atoms with Crippen LogP contribution in [0.3, 0.4) is 0 Å². The van der Waals surface area contributed by atoms with Gasteiger partial charge >= 0.3 is 33.9 Å². The molecular formula is C17H21CrNO4. The third-order valence-electron chi connectivity index (χ3n) is 3.00. The maximum atomic E-state index is 12.3. The first-order valence-electron chi connectivity index (χ1n) is 6.64. The van der Waals surface area contributed by atoms with Crippen molar-refractivity contribution >= 4 is 5.91 Å². The zero-order chi connectivity index (χ0) is 18.1. The van der Waals surface area contributed by atoms with Gasteiger partial charge in [-0.15, -0.1) is 0 Å². The van der Waals surface area contributed by atoms with Crippen molar-refractivity contribution in [1.82, 2.24) is 4.90 Å². The van der Waals surface area contributed by atoms with Gasteiger partial charge in [0.15, 0.2) is 0 Å². The van der Waals surface area contributed by atoms with Crippen LogP contribution in [0.15, 0.2) is 18.2 Å². The first-order chi connectivity index (χ1) is 10.7. The van der Waals surface area contributed by atoms with Crippen molar-refractivity contribution in [2.45, 2.75) is 34.1 Å². The number of carbonyl (C=O) groups is 1. The third-order valence-corrected chi connectivity index (χ3v) is 3.00. The summed E-state index contributed by atoms with van der Waals surface area (Å²) in [6.07, 6.45) is 0.907. The molecule has 124 valence electrons. The first kappa shape index (κ1) is 29.5. The molecule has 0 atom stereocenters. The smallest absolute Gasteiger partial charge is 0 e. The molecule has 0 N–H and O–H groups in total. The first-order valence-corrected chi connectivity index (χ1v) is 6.64. The maximum absolute atomic E-state index is 12.3. The number of nitrogens with zero attached hydrogens (tertiary/aromatic N) is 1. The molecule has 23 heavy (non-hydrogen) atoms. The number of benzene rings is 1. The number of hydrogen-bond donors (Lipinski definition) is 0. The molecule has 1 aromatic rings. The van der Waals surface area contributed by atoms with Crippen molar-refractivity contribution < 1.29 is 36.1 Å². The molecule has 0 radical (unpaired) electrons. The van der Waals surface area contributed by atoms with E-state index < -0.39 is 0 Å². The van der Waals surface area contributed by atoms with Crippen LogP contribution in [0.2, 0.25) is 0 Å². The average Bonchev–Trinajstić information content (AvgIpc) is 2.60. The van der Waals surface area contributed by atoms with E-state index in [9.17, 15) is 4.79 Å². The number of carbonyl (C=O) groups excluding carboxylic acids is 1. The molecule has 0 aliphatic heterocycles. The minimum Gasteiger partial charge on any atom is 0 e. The Kier molecular flexibility index (Phi) is 26.2. The molecule has 0 bridgehead atoms. The summed E-state index contributed by atoms with van der Waals surface area (Å²) in [5.74, 6) is 0.167. The van der Waals surface area contributed by atoms with Crippen LogP contribution in [0.25, 0.3) is 0 Å². The molecule has 0 saturated carbocycles. The topological polar surface area (TPSA) is 80.0 Å². The van der Waals surface area contributed by atoms with Crippen LogP contribution in [0, 0.1) is 26.9 Å². The Balaban J connectivity index is -0.000000231. The van der Waals surface area contributed by atoms with Gasteiger partial charge < -0.3 is 4.90 Å². The molecular weight excluding hydrogens is 334 g/mol. The predicted octanol–water partition coefficient (Wildman–Crippen LogP) is 2.92. The SMILES string of the molecule is CCc1cccc(C)c1C(=O)N(CC)CC.[C-]#[O+].[C-]#[O+].[C-]#[O+].[Cr]. The van der Waals surface area contributed by atoms with Gasteiger partial charge in [0.1, 0.15) is 0 Å². The number of hydrogen-bond acceptors (Lipinski definition) is 1. The quantitative estimate of drug-likeness (QED) is 0.604. The van der Waals surface area contributed by atoms with Crippen molar-refractivity contribution in [2.24, 2.45) is 0 Å². The molecule has 0 aliphatic carbocycles. The minimum atomic E-state index is 0. The summed E-state index contributed by atoms with van der Waals surface area (Å²) in [4.78, 5) is 14.2. The second-order valence-electron chi connectivity index (χ2n) is 3.94. The minimum absolute atomic E-state index is 0. The van der Waals surface area contributed by atoms with E-state index in [1.54, 1.807) is 0 Å². The van der Waals surface area contributed by atoms with Gasteiger partial charge in [0.05, 0.1) is 0 Å². The van der Waals surface area contributed by atoms with Gasteiger partial charge in [0.2, 0.25) is 0 Å². The van der Waals surface area contributed by atoms with Gasteiger partial charge in [-0.05, 0) is 38.3 Å². The van der Waals surface area contributed by atoms with Crippen molar-refractivity contribution in [3.8, 4) is 0 Å². The molecule has 1 aromatic carbocycles. The Morgan fingerprint density at radius 1 is 1.00 bits per heavy atom. The van der Waals surface area contributed by atoms with Gasteiger partial charge in [-0.2, -0.15) is 0 Å². The van der Waals surface area contributed by atoms with Crippen molar-refractivity contribution in [3.05, 3.63) is 54.8 Å². The number of amides is 1. The summed E-state index contributed by atoms with van der Waals surface area (Å²) in [5.41, 5.74) is 3.13. The van der Waals surface area contributed by atoms with E-state index in [1.807, 2.05) is 43.9 Å². The molecule has 1 amide bonds. The van der Waals surface area contributed by atoms with Crippen LogP contribution in [0.1, 0.15) is 42.3 Å². The van der Waals surface area contributed by atoms with E-state index in [4.69, 9.17) is 14.0 Å². The maximum Gasteiger partial charge on any atom is 0 e. The number of rotatable bonds is 4. The predicted molar refractivity (Wildman–Crippen MR) is 79.6 cm³/mol. The normalized spacial score (nSPS) is 7.39. The monoisotopic (exact) mass is 355 g/mol. The zero-order valence-corrected chi connectivity index (χ0v) is 15.1. The van der Waals surface area contributed by atoms with E-state index in [-0.39, 0.29) is 23.3 Å². The van der Waals surface area contributed by atoms with E-state index in [0.717, 1.165) is 36.2 Å². The van der Waals surface area contributed by atoms with Crippen LogP contribution >= 0.6 is 0 Å². The van der Waals surface area contributed by atoms with Gasteiger partial charge in [0, 0.05) is 36.0 Å². The second kappa shape index (κ2) is 20.4. The molecule has 0 aromatic heterocycles. The van der Waals surface area contributed by atoms with E-state index in [1.165, 1.54) is 0 Å². The van der Waals surface area contributed by atoms with Gasteiger partial charge in [-0.3, -0.25) is 4.79 Å². The third kappa shape index (κ3) is 9.94. The second-order valence-corrected chi connectivity index (χ2v) is 3.94. The zero-order valence-electron chi connectivity index (χ0n) is 13.8. The Labute approximate surface area is 149 Å². The molecule has 0 saturated heterocycles. The summed E-state index contributed by atoms with van der Waals surface area (Å²) < 4.78 is 22.5. The van der Waals surface area contributed by atoms with Crippen LogP contribution in [-0.4, -0.2) is 23.9 Å². The molecule has 0 spiro atoms. The van der Waals surface area contributed by atoms with E-state index in [2.05, 4.69) is 26.9 Å². The van der Waals surface area contributed by atoms with Crippen LogP contribution in [-0.2, 0) is 37.7 Å². The summed E-state index contributed by atoms with van der Waals surface area (Å²) in [5, 5.41) is 0. The fourth-order valence-electron chi connectivity index (χ4n) is 2.00. The van der Waals surface area contributed by atoms with Crippen molar-refractivity contribution in [2.75, 3.05) is 13.1 Å². The Hall–Kier alpha value is -1.56. The Morgan fingerprint density at radius 2 is 1.43 bits per heavy atom. The molecule has 6 heteroatoms. The molecule has 0 aliphatic rings. The van der Waals surface area contributed by atoms with Crippen molar-refractivity contribution in [1.29, 1.82) is 0 Å². The van der Waals surface area contributed by atoms with E-state index >= 15 is 0 Å². The molecule has 0 unspecified atom stereocenters. The average molecular weight is 355 g/mol. The molecule has 1 rings (SSSR count). The van der Waals surface area contributed by atoms with E-state index in [0.29, 0.717) is 0 Å². The molecule has 0 heterocycles.